The molecule has 0 saturated carbocycles. The van der Waals surface area contributed by atoms with E-state index in [1.807, 2.05) is 6.07 Å². The highest BCUT2D eigenvalue weighted by atomic mass is 19.1. The number of nitrogens with one attached hydrogen (secondary N) is 1. The molecule has 0 bridgehead atoms. The number of hydrogen-bond acceptors (Lipinski definition) is 1. The van der Waals surface area contributed by atoms with E-state index in [1.165, 1.54) is 18.1 Å². The van der Waals surface area contributed by atoms with Gasteiger partial charge in [0.15, 0.2) is 0 Å². The maximum absolute atomic E-state index is 13.2. The van der Waals surface area contributed by atoms with Crippen LogP contribution in [0.15, 0.2) is 18.2 Å². The van der Waals surface area contributed by atoms with Gasteiger partial charge in [-0.3, -0.25) is 0 Å². The number of halogens is 1. The van der Waals surface area contributed by atoms with Crippen molar-refractivity contribution < 1.29 is 4.39 Å². The van der Waals surface area contributed by atoms with Crippen molar-refractivity contribution in [1.82, 2.24) is 5.32 Å². The van der Waals surface area contributed by atoms with Gasteiger partial charge in [-0.1, -0.05) is 13.0 Å². The van der Waals surface area contributed by atoms with Crippen LogP contribution >= 0.6 is 0 Å². The number of piperidine rings is 1. The van der Waals surface area contributed by atoms with E-state index in [0.29, 0.717) is 6.04 Å². The van der Waals surface area contributed by atoms with Crippen LogP contribution in [0, 0.1) is 18.7 Å². The Bertz CT molecular complexity index is 340. The van der Waals surface area contributed by atoms with Crippen LogP contribution in [0.1, 0.15) is 36.9 Å². The lowest BCUT2D eigenvalue weighted by molar-refractivity contribution is 0.331. The van der Waals surface area contributed by atoms with E-state index in [4.69, 9.17) is 0 Å². The first kappa shape index (κ1) is 10.6. The van der Waals surface area contributed by atoms with Crippen molar-refractivity contribution in [2.45, 2.75) is 32.7 Å². The third-order valence-corrected chi connectivity index (χ3v) is 3.28. The first-order valence-corrected chi connectivity index (χ1v) is 5.66. The van der Waals surface area contributed by atoms with E-state index in [1.54, 1.807) is 6.07 Å². The highest BCUT2D eigenvalue weighted by molar-refractivity contribution is 5.29. The van der Waals surface area contributed by atoms with Gasteiger partial charge in [-0.25, -0.2) is 4.39 Å². The lowest BCUT2D eigenvalue weighted by Crippen LogP contribution is -2.32. The molecule has 1 aromatic carbocycles. The fraction of sp³-hybridized carbons (Fsp3) is 0.538. The smallest absolute Gasteiger partial charge is 0.123 e. The molecule has 1 heterocycles. The largest absolute Gasteiger partial charge is 0.310 e. The van der Waals surface area contributed by atoms with Gasteiger partial charge >= 0.3 is 0 Å². The zero-order chi connectivity index (χ0) is 10.8. The van der Waals surface area contributed by atoms with E-state index in [0.717, 1.165) is 24.4 Å². The highest BCUT2D eigenvalue weighted by Crippen LogP contribution is 2.27. The molecule has 1 nitrogen and oxygen atoms in total. The first-order valence-electron chi connectivity index (χ1n) is 5.66. The molecule has 1 saturated heterocycles. The van der Waals surface area contributed by atoms with Crippen LogP contribution in [0.3, 0.4) is 0 Å². The van der Waals surface area contributed by atoms with Crippen molar-refractivity contribution >= 4 is 0 Å². The Labute approximate surface area is 90.7 Å². The number of hydrogen-bond donors (Lipinski definition) is 1. The molecule has 0 spiro atoms. The average molecular weight is 207 g/mol. The molecule has 82 valence electrons. The molecule has 1 aliphatic heterocycles. The Morgan fingerprint density at radius 1 is 1.33 bits per heavy atom. The summed E-state index contributed by atoms with van der Waals surface area (Å²) in [7, 11) is 0. The highest BCUT2D eigenvalue weighted by Gasteiger charge is 2.20. The molecule has 2 unspecified atom stereocenters. The molecular weight excluding hydrogens is 189 g/mol. The molecule has 2 atom stereocenters. The van der Waals surface area contributed by atoms with Gasteiger partial charge in [0.25, 0.3) is 0 Å². The molecule has 1 aromatic rings. The van der Waals surface area contributed by atoms with E-state index >= 15 is 0 Å². The molecule has 0 aromatic heterocycles. The summed E-state index contributed by atoms with van der Waals surface area (Å²) in [5, 5.41) is 3.49. The predicted molar refractivity (Wildman–Crippen MR) is 60.3 cm³/mol. The van der Waals surface area contributed by atoms with Crippen LogP contribution in [0.25, 0.3) is 0 Å². The molecule has 15 heavy (non-hydrogen) atoms. The summed E-state index contributed by atoms with van der Waals surface area (Å²) in [6.07, 6.45) is 2.35. The molecule has 0 amide bonds. The lowest BCUT2D eigenvalue weighted by Gasteiger charge is -2.29. The first-order chi connectivity index (χ1) is 7.16. The van der Waals surface area contributed by atoms with E-state index in [2.05, 4.69) is 19.2 Å². The third-order valence-electron chi connectivity index (χ3n) is 3.28. The van der Waals surface area contributed by atoms with Crippen LogP contribution in [-0.2, 0) is 0 Å². The van der Waals surface area contributed by atoms with Gasteiger partial charge in [-0.05, 0) is 55.5 Å². The lowest BCUT2D eigenvalue weighted by atomic mass is 9.90. The van der Waals surface area contributed by atoms with E-state index in [-0.39, 0.29) is 5.82 Å². The number of rotatable bonds is 1. The molecule has 0 aliphatic carbocycles. The normalized spacial score (nSPS) is 26.6. The minimum absolute atomic E-state index is 0.129. The van der Waals surface area contributed by atoms with Crippen molar-refractivity contribution in [1.29, 1.82) is 0 Å². The molecule has 1 fully saturated rings. The monoisotopic (exact) mass is 207 g/mol. The number of benzene rings is 1. The molecular formula is C13H18FN. The Balaban J connectivity index is 2.18. The second kappa shape index (κ2) is 4.31. The van der Waals surface area contributed by atoms with E-state index in [9.17, 15) is 4.39 Å². The van der Waals surface area contributed by atoms with Crippen LogP contribution in [0.5, 0.6) is 0 Å². The maximum atomic E-state index is 13.2. The van der Waals surface area contributed by atoms with Gasteiger partial charge in [0.1, 0.15) is 5.82 Å². The summed E-state index contributed by atoms with van der Waals surface area (Å²) >= 11 is 0. The van der Waals surface area contributed by atoms with Gasteiger partial charge in [0.05, 0.1) is 0 Å². The molecule has 2 rings (SSSR count). The average Bonchev–Trinajstić information content (AvgIpc) is 2.23. The summed E-state index contributed by atoms with van der Waals surface area (Å²) in [4.78, 5) is 0. The molecule has 0 radical (unpaired) electrons. The minimum atomic E-state index is -0.129. The van der Waals surface area contributed by atoms with Crippen molar-refractivity contribution in [3.8, 4) is 0 Å². The van der Waals surface area contributed by atoms with Gasteiger partial charge < -0.3 is 5.32 Å². The Morgan fingerprint density at radius 2 is 2.13 bits per heavy atom. The van der Waals surface area contributed by atoms with Crippen molar-refractivity contribution in [2.75, 3.05) is 6.54 Å². The van der Waals surface area contributed by atoms with E-state index < -0.39 is 0 Å². The van der Waals surface area contributed by atoms with Crippen molar-refractivity contribution in [3.63, 3.8) is 0 Å². The summed E-state index contributed by atoms with van der Waals surface area (Å²) in [6.45, 7) is 5.34. The second-order valence-electron chi connectivity index (χ2n) is 4.64. The molecule has 2 heteroatoms. The Hall–Kier alpha value is -0.890. The quantitative estimate of drug-likeness (QED) is 0.745. The number of aryl methyl sites for hydroxylation is 1. The summed E-state index contributed by atoms with van der Waals surface area (Å²) in [5.41, 5.74) is 2.31. The van der Waals surface area contributed by atoms with Crippen molar-refractivity contribution in [3.05, 3.63) is 35.1 Å². The van der Waals surface area contributed by atoms with Gasteiger partial charge in [0, 0.05) is 6.04 Å². The summed E-state index contributed by atoms with van der Waals surface area (Å²) in [5.74, 6) is 0.617. The molecule has 1 aliphatic rings. The summed E-state index contributed by atoms with van der Waals surface area (Å²) < 4.78 is 13.2. The predicted octanol–water partition coefficient (Wildman–Crippen LogP) is 3.19. The van der Waals surface area contributed by atoms with Gasteiger partial charge in [-0.2, -0.15) is 0 Å². The second-order valence-corrected chi connectivity index (χ2v) is 4.64. The van der Waals surface area contributed by atoms with Crippen LogP contribution in [0.2, 0.25) is 0 Å². The SMILES string of the molecule is Cc1ccc(F)cc1C1CCC(C)CN1. The van der Waals surface area contributed by atoms with Gasteiger partial charge in [-0.15, -0.1) is 0 Å². The van der Waals surface area contributed by atoms with Crippen LogP contribution in [0.4, 0.5) is 4.39 Å². The fourth-order valence-electron chi connectivity index (χ4n) is 2.25. The topological polar surface area (TPSA) is 12.0 Å². The molecule has 1 N–H and O–H groups in total. The van der Waals surface area contributed by atoms with Crippen LogP contribution in [-0.4, -0.2) is 6.54 Å². The maximum Gasteiger partial charge on any atom is 0.123 e. The summed E-state index contributed by atoms with van der Waals surface area (Å²) in [6, 6.07) is 5.41. The zero-order valence-corrected chi connectivity index (χ0v) is 9.39. The standard InChI is InChI=1S/C13H18FN/c1-9-3-6-13(15-8-9)12-7-11(14)5-4-10(12)2/h4-5,7,9,13,15H,3,6,8H2,1-2H3. The van der Waals surface area contributed by atoms with Crippen molar-refractivity contribution in [2.24, 2.45) is 5.92 Å². The Kier molecular flexibility index (Phi) is 3.06. The third kappa shape index (κ3) is 2.37. The Morgan fingerprint density at radius 3 is 2.80 bits per heavy atom. The minimum Gasteiger partial charge on any atom is -0.310 e. The van der Waals surface area contributed by atoms with Gasteiger partial charge in [0.2, 0.25) is 0 Å². The zero-order valence-electron chi connectivity index (χ0n) is 9.39. The fourth-order valence-corrected chi connectivity index (χ4v) is 2.25. The van der Waals surface area contributed by atoms with Crippen LogP contribution < -0.4 is 5.32 Å².